The second-order valence-corrected chi connectivity index (χ2v) is 8.27. The Balaban J connectivity index is 1.44. The third kappa shape index (κ3) is 7.45. The lowest BCUT2D eigenvalue weighted by Gasteiger charge is -2.14. The number of halogens is 3. The zero-order valence-electron chi connectivity index (χ0n) is 18.7. The summed E-state index contributed by atoms with van der Waals surface area (Å²) in [5, 5.41) is 9.92. The highest BCUT2D eigenvalue weighted by Crippen LogP contribution is 2.20. The molecule has 1 aromatic heterocycles. The quantitative estimate of drug-likeness (QED) is 0.146. The van der Waals surface area contributed by atoms with Crippen LogP contribution in [0, 0.1) is 11.6 Å². The van der Waals surface area contributed by atoms with Gasteiger partial charge in [-0.1, -0.05) is 48.0 Å². The van der Waals surface area contributed by atoms with Crippen LogP contribution in [-0.4, -0.2) is 20.1 Å². The predicted molar refractivity (Wildman–Crippen MR) is 142 cm³/mol. The van der Waals surface area contributed by atoms with Crippen molar-refractivity contribution >= 4 is 52.5 Å². The molecule has 0 saturated heterocycles. The van der Waals surface area contributed by atoms with E-state index in [0.29, 0.717) is 23.8 Å². The van der Waals surface area contributed by atoms with Gasteiger partial charge in [0.2, 0.25) is 17.8 Å². The van der Waals surface area contributed by atoms with E-state index >= 15 is 0 Å². The van der Waals surface area contributed by atoms with Gasteiger partial charge in [-0.3, -0.25) is 10.9 Å². The largest absolute Gasteiger partial charge is 0.350 e. The molecule has 0 bridgehead atoms. The van der Waals surface area contributed by atoms with Gasteiger partial charge in [0.25, 0.3) is 0 Å². The Morgan fingerprint density at radius 3 is 1.75 bits per heavy atom. The van der Waals surface area contributed by atoms with Gasteiger partial charge in [0.05, 0.1) is 10.7 Å². The van der Waals surface area contributed by atoms with Crippen LogP contribution in [0.25, 0.3) is 0 Å². The Labute approximate surface area is 216 Å². The average molecular weight is 527 g/mol. The zero-order valence-corrected chi connectivity index (χ0v) is 20.3. The van der Waals surface area contributed by atoms with E-state index in [0.717, 1.165) is 11.1 Å². The Morgan fingerprint density at radius 1 is 0.722 bits per heavy atom. The van der Waals surface area contributed by atoms with Gasteiger partial charge >= 0.3 is 0 Å². The van der Waals surface area contributed by atoms with E-state index in [1.54, 1.807) is 36.4 Å². The van der Waals surface area contributed by atoms with Gasteiger partial charge in [-0.05, 0) is 59.7 Å². The minimum Gasteiger partial charge on any atom is -0.350 e. The first-order chi connectivity index (χ1) is 17.4. The fourth-order valence-electron chi connectivity index (χ4n) is 2.99. The first-order valence-electron chi connectivity index (χ1n) is 10.7. The van der Waals surface area contributed by atoms with E-state index in [4.69, 9.17) is 23.8 Å². The highest BCUT2D eigenvalue weighted by atomic mass is 35.5. The minimum atomic E-state index is -0.315. The van der Waals surface area contributed by atoms with Crippen molar-refractivity contribution in [2.45, 2.75) is 13.1 Å². The standard InChI is InChI=1S/C24H21ClF2N8S/c25-19-3-1-2-4-20(19)30-24(36)35-34-23-32-21(28-13-15-5-9-17(26)10-6-15)31-22(33-23)29-14-16-7-11-18(27)12-8-16/h1-12H,13-14H2,(H2,30,35,36)(H3,28,29,31,32,33,34). The molecule has 0 radical (unpaired) electrons. The predicted octanol–water partition coefficient (Wildman–Crippen LogP) is 5.34. The molecular formula is C24H21ClF2N8S. The molecule has 0 saturated carbocycles. The van der Waals surface area contributed by atoms with E-state index in [-0.39, 0.29) is 34.6 Å². The minimum absolute atomic E-state index is 0.177. The van der Waals surface area contributed by atoms with Crippen LogP contribution in [0.15, 0.2) is 72.8 Å². The van der Waals surface area contributed by atoms with Crippen molar-refractivity contribution in [3.05, 3.63) is 101 Å². The van der Waals surface area contributed by atoms with E-state index in [9.17, 15) is 8.78 Å². The number of nitrogens with zero attached hydrogens (tertiary/aromatic N) is 3. The van der Waals surface area contributed by atoms with Crippen LogP contribution in [0.4, 0.5) is 32.3 Å². The number of nitrogens with one attached hydrogen (secondary N) is 5. The van der Waals surface area contributed by atoms with Crippen molar-refractivity contribution < 1.29 is 8.78 Å². The number of para-hydroxylation sites is 1. The lowest BCUT2D eigenvalue weighted by Crippen LogP contribution is -2.34. The van der Waals surface area contributed by atoms with Gasteiger partial charge in [-0.15, -0.1) is 0 Å². The third-order valence-electron chi connectivity index (χ3n) is 4.77. The molecular weight excluding hydrogens is 506 g/mol. The topological polar surface area (TPSA) is 98.8 Å². The van der Waals surface area contributed by atoms with Gasteiger partial charge in [-0.25, -0.2) is 8.78 Å². The summed E-state index contributed by atoms with van der Waals surface area (Å²) in [6.07, 6.45) is 0. The number of hydrazine groups is 1. The Kier molecular flexibility index (Phi) is 8.37. The first-order valence-corrected chi connectivity index (χ1v) is 11.5. The van der Waals surface area contributed by atoms with Crippen molar-refractivity contribution in [1.82, 2.24) is 20.4 Å². The van der Waals surface area contributed by atoms with Crippen molar-refractivity contribution in [2.75, 3.05) is 21.4 Å². The molecule has 3 aromatic carbocycles. The average Bonchev–Trinajstić information content (AvgIpc) is 2.88. The molecule has 4 rings (SSSR count). The second kappa shape index (κ2) is 12.0. The van der Waals surface area contributed by atoms with Crippen LogP contribution < -0.4 is 26.8 Å². The highest BCUT2D eigenvalue weighted by molar-refractivity contribution is 7.80. The van der Waals surface area contributed by atoms with Crippen LogP contribution in [-0.2, 0) is 13.1 Å². The molecule has 0 aliphatic heterocycles. The van der Waals surface area contributed by atoms with E-state index in [1.165, 1.54) is 24.3 Å². The maximum Gasteiger partial charge on any atom is 0.248 e. The van der Waals surface area contributed by atoms with Crippen molar-refractivity contribution in [1.29, 1.82) is 0 Å². The molecule has 0 amide bonds. The smallest absolute Gasteiger partial charge is 0.248 e. The summed E-state index contributed by atoms with van der Waals surface area (Å²) >= 11 is 11.5. The molecule has 8 nitrogen and oxygen atoms in total. The molecule has 36 heavy (non-hydrogen) atoms. The summed E-state index contributed by atoms with van der Waals surface area (Å²) in [6.45, 7) is 0.724. The molecule has 0 spiro atoms. The SMILES string of the molecule is Fc1ccc(CNc2nc(NCc3ccc(F)cc3)nc(NNC(=S)Nc3ccccc3Cl)n2)cc1. The molecule has 184 valence electrons. The maximum atomic E-state index is 13.2. The number of anilines is 4. The molecule has 1 heterocycles. The highest BCUT2D eigenvalue weighted by Gasteiger charge is 2.09. The fourth-order valence-corrected chi connectivity index (χ4v) is 3.33. The van der Waals surface area contributed by atoms with Crippen LogP contribution in [0.5, 0.6) is 0 Å². The van der Waals surface area contributed by atoms with E-state index in [2.05, 4.69) is 41.8 Å². The van der Waals surface area contributed by atoms with Gasteiger partial charge in [-0.2, -0.15) is 15.0 Å². The molecule has 0 aliphatic rings. The summed E-state index contributed by atoms with van der Waals surface area (Å²) in [7, 11) is 0. The summed E-state index contributed by atoms with van der Waals surface area (Å²) in [6, 6.07) is 19.3. The number of rotatable bonds is 9. The number of hydrogen-bond donors (Lipinski definition) is 5. The second-order valence-electron chi connectivity index (χ2n) is 7.45. The van der Waals surface area contributed by atoms with Gasteiger partial charge in [0.15, 0.2) is 5.11 Å². The lowest BCUT2D eigenvalue weighted by atomic mass is 10.2. The fraction of sp³-hybridized carbons (Fsp3) is 0.0833. The van der Waals surface area contributed by atoms with Crippen molar-refractivity contribution in [3.63, 3.8) is 0 Å². The van der Waals surface area contributed by atoms with Gasteiger partial charge in [0, 0.05) is 13.1 Å². The third-order valence-corrected chi connectivity index (χ3v) is 5.31. The Bertz CT molecular complexity index is 1260. The molecule has 5 N–H and O–H groups in total. The van der Waals surface area contributed by atoms with Gasteiger partial charge in [0.1, 0.15) is 11.6 Å². The van der Waals surface area contributed by atoms with Crippen LogP contribution in [0.2, 0.25) is 5.02 Å². The summed E-state index contributed by atoms with van der Waals surface area (Å²) in [5.41, 5.74) is 7.97. The number of thiocarbonyl (C=S) groups is 1. The molecule has 0 aliphatic carbocycles. The van der Waals surface area contributed by atoms with Crippen LogP contribution >= 0.6 is 23.8 Å². The maximum absolute atomic E-state index is 13.2. The summed E-state index contributed by atoms with van der Waals surface area (Å²) in [4.78, 5) is 13.1. The van der Waals surface area contributed by atoms with E-state index in [1.807, 2.05) is 12.1 Å². The van der Waals surface area contributed by atoms with Crippen LogP contribution in [0.3, 0.4) is 0 Å². The van der Waals surface area contributed by atoms with E-state index < -0.39 is 0 Å². The molecule has 12 heteroatoms. The molecule has 4 aromatic rings. The van der Waals surface area contributed by atoms with Crippen LogP contribution in [0.1, 0.15) is 11.1 Å². The molecule has 0 atom stereocenters. The number of benzene rings is 3. The normalized spacial score (nSPS) is 10.4. The number of hydrogen-bond acceptors (Lipinski definition) is 7. The van der Waals surface area contributed by atoms with Crippen molar-refractivity contribution in [2.24, 2.45) is 0 Å². The zero-order chi connectivity index (χ0) is 25.3. The monoisotopic (exact) mass is 526 g/mol. The Morgan fingerprint density at radius 2 is 1.22 bits per heavy atom. The molecule has 0 unspecified atom stereocenters. The summed E-state index contributed by atoms with van der Waals surface area (Å²) in [5.74, 6) is 0.0854. The Hall–Kier alpha value is -4.09. The first kappa shape index (κ1) is 25.0. The van der Waals surface area contributed by atoms with Gasteiger partial charge < -0.3 is 16.0 Å². The van der Waals surface area contributed by atoms with Crippen molar-refractivity contribution in [3.8, 4) is 0 Å². The lowest BCUT2D eigenvalue weighted by molar-refractivity contribution is 0.626. The molecule has 0 fully saturated rings. The summed E-state index contributed by atoms with van der Waals surface area (Å²) < 4.78 is 26.4. The number of aromatic nitrogens is 3.